The van der Waals surface area contributed by atoms with Gasteiger partial charge in [0.15, 0.2) is 11.5 Å². The van der Waals surface area contributed by atoms with Crippen LogP contribution in [-0.2, 0) is 6.61 Å². The number of nitrogens with one attached hydrogen (secondary N) is 1. The van der Waals surface area contributed by atoms with Gasteiger partial charge in [-0.25, -0.2) is 5.43 Å². The molecule has 0 aliphatic heterocycles. The van der Waals surface area contributed by atoms with Crippen LogP contribution in [-0.4, -0.2) is 24.2 Å². The maximum absolute atomic E-state index is 12.1. The molecular weight excluding hydrogens is 398 g/mol. The van der Waals surface area contributed by atoms with Crippen LogP contribution in [0, 0.1) is 17.0 Å². The highest BCUT2D eigenvalue weighted by molar-refractivity contribution is 5.94. The third kappa shape index (κ3) is 5.89. The van der Waals surface area contributed by atoms with Crippen molar-refractivity contribution in [2.45, 2.75) is 13.5 Å². The number of benzene rings is 3. The molecule has 8 heteroatoms. The molecule has 31 heavy (non-hydrogen) atoms. The van der Waals surface area contributed by atoms with Crippen molar-refractivity contribution in [3.05, 3.63) is 99.1 Å². The Balaban J connectivity index is 1.61. The van der Waals surface area contributed by atoms with Crippen LogP contribution in [0.15, 0.2) is 71.8 Å². The Morgan fingerprint density at radius 3 is 2.42 bits per heavy atom. The number of hydrogen-bond donors (Lipinski definition) is 1. The molecule has 0 aliphatic rings. The maximum atomic E-state index is 12.1. The van der Waals surface area contributed by atoms with Gasteiger partial charge in [-0.15, -0.1) is 0 Å². The molecule has 0 heterocycles. The number of ether oxygens (including phenoxy) is 2. The summed E-state index contributed by atoms with van der Waals surface area (Å²) in [5.74, 6) is 0.712. The number of carbonyl (C=O) groups is 1. The van der Waals surface area contributed by atoms with Gasteiger partial charge < -0.3 is 9.47 Å². The van der Waals surface area contributed by atoms with E-state index in [1.54, 1.807) is 42.5 Å². The van der Waals surface area contributed by atoms with E-state index in [0.29, 0.717) is 22.6 Å². The van der Waals surface area contributed by atoms with Gasteiger partial charge in [-0.05, 0) is 60.5 Å². The fourth-order valence-corrected chi connectivity index (χ4v) is 2.69. The Bertz CT molecular complexity index is 1090. The molecule has 158 valence electrons. The third-order valence-corrected chi connectivity index (χ3v) is 4.42. The summed E-state index contributed by atoms with van der Waals surface area (Å²) in [6, 6.07) is 18.6. The molecule has 3 aromatic carbocycles. The number of nitrogens with zero attached hydrogens (tertiary/aromatic N) is 2. The minimum Gasteiger partial charge on any atom is -0.493 e. The highest BCUT2D eigenvalue weighted by atomic mass is 16.6. The predicted octanol–water partition coefficient (Wildman–Crippen LogP) is 4.25. The second-order valence-corrected chi connectivity index (χ2v) is 6.69. The van der Waals surface area contributed by atoms with Crippen molar-refractivity contribution in [2.75, 3.05) is 7.11 Å². The maximum Gasteiger partial charge on any atom is 0.271 e. The van der Waals surface area contributed by atoms with Crippen LogP contribution < -0.4 is 14.9 Å². The van der Waals surface area contributed by atoms with E-state index in [0.717, 1.165) is 11.1 Å². The summed E-state index contributed by atoms with van der Waals surface area (Å²) in [7, 11) is 1.52. The van der Waals surface area contributed by atoms with Gasteiger partial charge in [0.1, 0.15) is 6.61 Å². The van der Waals surface area contributed by atoms with E-state index < -0.39 is 4.92 Å². The van der Waals surface area contributed by atoms with Crippen LogP contribution in [0.1, 0.15) is 27.0 Å². The first-order chi connectivity index (χ1) is 15.0. The highest BCUT2D eigenvalue weighted by Gasteiger charge is 2.08. The molecule has 0 atom stereocenters. The molecule has 0 fully saturated rings. The summed E-state index contributed by atoms with van der Waals surface area (Å²) in [4.78, 5) is 22.4. The first-order valence-electron chi connectivity index (χ1n) is 9.40. The molecule has 8 nitrogen and oxygen atoms in total. The lowest BCUT2D eigenvalue weighted by atomic mass is 10.1. The summed E-state index contributed by atoms with van der Waals surface area (Å²) in [6.45, 7) is 2.18. The largest absolute Gasteiger partial charge is 0.493 e. The zero-order chi connectivity index (χ0) is 22.2. The van der Waals surface area contributed by atoms with Crippen molar-refractivity contribution in [1.29, 1.82) is 0 Å². The van der Waals surface area contributed by atoms with E-state index in [2.05, 4.69) is 10.5 Å². The van der Waals surface area contributed by atoms with Crippen LogP contribution in [0.25, 0.3) is 0 Å². The quantitative estimate of drug-likeness (QED) is 0.334. The monoisotopic (exact) mass is 419 g/mol. The van der Waals surface area contributed by atoms with Gasteiger partial charge in [0, 0.05) is 17.7 Å². The molecule has 3 rings (SSSR count). The molecule has 1 amide bonds. The molecule has 0 bridgehead atoms. The molecule has 0 aliphatic carbocycles. The normalized spacial score (nSPS) is 10.6. The first-order valence-corrected chi connectivity index (χ1v) is 9.40. The fourth-order valence-electron chi connectivity index (χ4n) is 2.69. The number of rotatable bonds is 8. The van der Waals surface area contributed by atoms with E-state index in [1.165, 1.54) is 25.5 Å². The second-order valence-electron chi connectivity index (χ2n) is 6.69. The molecule has 0 saturated heterocycles. The van der Waals surface area contributed by atoms with E-state index >= 15 is 0 Å². The van der Waals surface area contributed by atoms with Crippen molar-refractivity contribution in [3.63, 3.8) is 0 Å². The van der Waals surface area contributed by atoms with E-state index in [9.17, 15) is 14.9 Å². The van der Waals surface area contributed by atoms with Crippen LogP contribution in [0.4, 0.5) is 5.69 Å². The Morgan fingerprint density at radius 2 is 1.77 bits per heavy atom. The van der Waals surface area contributed by atoms with Crippen molar-refractivity contribution in [3.8, 4) is 11.5 Å². The molecule has 0 unspecified atom stereocenters. The Labute approximate surface area is 179 Å². The summed E-state index contributed by atoms with van der Waals surface area (Å²) in [6.07, 6.45) is 1.51. The number of hydrazone groups is 1. The molecule has 0 saturated carbocycles. The lowest BCUT2D eigenvalue weighted by Gasteiger charge is -2.11. The third-order valence-electron chi connectivity index (χ3n) is 4.42. The van der Waals surface area contributed by atoms with Crippen LogP contribution >= 0.6 is 0 Å². The van der Waals surface area contributed by atoms with Gasteiger partial charge in [0.05, 0.1) is 18.2 Å². The molecule has 0 aromatic heterocycles. The number of carbonyl (C=O) groups excluding carboxylic acids is 1. The lowest BCUT2D eigenvalue weighted by molar-refractivity contribution is -0.384. The predicted molar refractivity (Wildman–Crippen MR) is 117 cm³/mol. The zero-order valence-corrected chi connectivity index (χ0v) is 17.1. The number of hydrogen-bond acceptors (Lipinski definition) is 6. The Hall–Kier alpha value is -4.20. The fraction of sp³-hybridized carbons (Fsp3) is 0.130. The smallest absolute Gasteiger partial charge is 0.271 e. The number of nitro benzene ring substituents is 1. The molecule has 0 radical (unpaired) electrons. The standard InChI is InChI=1S/C23H21N3O5/c1-16-3-8-19(9-4-16)23(27)25-24-14-18-7-12-21(22(13-18)30-2)31-15-17-5-10-20(11-6-17)26(28)29/h3-14H,15H2,1-2H3,(H,25,27)/b24-14-. The summed E-state index contributed by atoms with van der Waals surface area (Å²) in [5, 5.41) is 14.7. The van der Waals surface area contributed by atoms with Gasteiger partial charge >= 0.3 is 0 Å². The first kappa shape index (κ1) is 21.5. The number of methoxy groups -OCH3 is 1. The topological polar surface area (TPSA) is 103 Å². The SMILES string of the molecule is COc1cc(/C=N\NC(=O)c2ccc(C)cc2)ccc1OCc1ccc([N+](=O)[O-])cc1. The molecule has 1 N–H and O–H groups in total. The molecule has 3 aromatic rings. The molecule has 0 spiro atoms. The summed E-state index contributed by atoms with van der Waals surface area (Å²) in [5.41, 5.74) is 5.61. The zero-order valence-electron chi connectivity index (χ0n) is 17.1. The summed E-state index contributed by atoms with van der Waals surface area (Å²) >= 11 is 0. The van der Waals surface area contributed by atoms with Gasteiger partial charge in [-0.3, -0.25) is 14.9 Å². The second kappa shape index (κ2) is 10.0. The van der Waals surface area contributed by atoms with Gasteiger partial charge in [-0.2, -0.15) is 5.10 Å². The van der Waals surface area contributed by atoms with Gasteiger partial charge in [-0.1, -0.05) is 17.7 Å². The number of aryl methyl sites for hydroxylation is 1. The van der Waals surface area contributed by atoms with Gasteiger partial charge in [0.25, 0.3) is 11.6 Å². The minimum atomic E-state index is -0.447. The Kier molecular flexibility index (Phi) is 6.95. The number of nitro groups is 1. The van der Waals surface area contributed by atoms with Crippen molar-refractivity contribution < 1.29 is 19.2 Å². The lowest BCUT2D eigenvalue weighted by Crippen LogP contribution is -2.17. The van der Waals surface area contributed by atoms with E-state index in [4.69, 9.17) is 9.47 Å². The van der Waals surface area contributed by atoms with Crippen LogP contribution in [0.5, 0.6) is 11.5 Å². The van der Waals surface area contributed by atoms with Crippen molar-refractivity contribution in [1.82, 2.24) is 5.43 Å². The average Bonchev–Trinajstić information content (AvgIpc) is 2.78. The minimum absolute atomic E-state index is 0.0273. The Morgan fingerprint density at radius 1 is 1.06 bits per heavy atom. The van der Waals surface area contributed by atoms with Crippen molar-refractivity contribution >= 4 is 17.8 Å². The summed E-state index contributed by atoms with van der Waals surface area (Å²) < 4.78 is 11.1. The molecular formula is C23H21N3O5. The highest BCUT2D eigenvalue weighted by Crippen LogP contribution is 2.28. The number of amides is 1. The average molecular weight is 419 g/mol. The van der Waals surface area contributed by atoms with Crippen molar-refractivity contribution in [2.24, 2.45) is 5.10 Å². The van der Waals surface area contributed by atoms with E-state index in [1.807, 2.05) is 19.1 Å². The van der Waals surface area contributed by atoms with Gasteiger partial charge in [0.2, 0.25) is 0 Å². The van der Waals surface area contributed by atoms with E-state index in [-0.39, 0.29) is 18.2 Å². The van der Waals surface area contributed by atoms with Crippen LogP contribution in [0.2, 0.25) is 0 Å². The van der Waals surface area contributed by atoms with Crippen LogP contribution in [0.3, 0.4) is 0 Å². The number of non-ortho nitro benzene ring substituents is 1.